The summed E-state index contributed by atoms with van der Waals surface area (Å²) in [6.07, 6.45) is 0.510. The highest BCUT2D eigenvalue weighted by Gasteiger charge is 2.42. The number of carbonyl (C=O) groups is 2. The minimum atomic E-state index is -3.16. The quantitative estimate of drug-likeness (QED) is 0.442. The van der Waals surface area contributed by atoms with Crippen LogP contribution in [0, 0.1) is 31.6 Å². The van der Waals surface area contributed by atoms with Crippen molar-refractivity contribution in [1.82, 2.24) is 0 Å². The zero-order chi connectivity index (χ0) is 22.9. The van der Waals surface area contributed by atoms with Crippen LogP contribution in [-0.4, -0.2) is 18.1 Å². The highest BCUT2D eigenvalue weighted by Crippen LogP contribution is 2.38. The van der Waals surface area contributed by atoms with Crippen molar-refractivity contribution >= 4 is 22.9 Å². The lowest BCUT2D eigenvalue weighted by atomic mass is 9.86. The van der Waals surface area contributed by atoms with Crippen molar-refractivity contribution in [1.29, 1.82) is 0 Å². The van der Waals surface area contributed by atoms with Crippen LogP contribution in [0.15, 0.2) is 35.5 Å². The topological polar surface area (TPSA) is 75.6 Å². The first-order valence-corrected chi connectivity index (χ1v) is 10.3. The molecule has 2 aromatic rings. The van der Waals surface area contributed by atoms with Crippen LogP contribution in [0.2, 0.25) is 0 Å². The third kappa shape index (κ3) is 4.70. The van der Waals surface area contributed by atoms with Gasteiger partial charge in [-0.1, -0.05) is 17.7 Å². The van der Waals surface area contributed by atoms with Crippen LogP contribution < -0.4 is 5.32 Å². The number of rotatable bonds is 7. The minimum absolute atomic E-state index is 0.0784. The number of Topliss-reactive ketones (excluding diaryl/α,β-unsaturated/α-hetero) is 2. The Morgan fingerprint density at radius 2 is 1.74 bits per heavy atom. The van der Waals surface area contributed by atoms with Gasteiger partial charge in [0.1, 0.15) is 17.4 Å². The molecule has 31 heavy (non-hydrogen) atoms. The van der Waals surface area contributed by atoms with Crippen LogP contribution in [0.3, 0.4) is 0 Å². The van der Waals surface area contributed by atoms with Gasteiger partial charge in [0.25, 0.3) is 5.92 Å². The molecule has 2 aromatic carbocycles. The van der Waals surface area contributed by atoms with Gasteiger partial charge in [-0.2, -0.15) is 0 Å². The Bertz CT molecular complexity index is 1020. The van der Waals surface area contributed by atoms with Gasteiger partial charge in [0.2, 0.25) is 0 Å². The second kappa shape index (κ2) is 8.65. The molecule has 0 saturated heterocycles. The lowest BCUT2D eigenvalue weighted by Gasteiger charge is -2.18. The molecule has 3 rings (SSSR count). The fraction of sp³-hybridized carbons (Fsp3) is 0.417. The molecular formula is C24H26F2N2O3. The number of ketones is 2. The van der Waals surface area contributed by atoms with Gasteiger partial charge in [0.15, 0.2) is 5.78 Å². The molecule has 0 bridgehead atoms. The van der Waals surface area contributed by atoms with E-state index in [1.807, 2.05) is 32.9 Å². The number of anilines is 1. The SMILES string of the molecule is Cc1cc(C)c(C2C(=O)CC(CCNc3ccc(N=O)cc3C(C)(F)F)C2=O)c(C)c1. The minimum Gasteiger partial charge on any atom is -0.385 e. The fourth-order valence-corrected chi connectivity index (χ4v) is 4.54. The Morgan fingerprint density at radius 3 is 2.32 bits per heavy atom. The summed E-state index contributed by atoms with van der Waals surface area (Å²) in [5, 5.41) is 5.64. The van der Waals surface area contributed by atoms with Crippen LogP contribution in [0.1, 0.15) is 53.5 Å². The number of benzene rings is 2. The van der Waals surface area contributed by atoms with Gasteiger partial charge in [-0.05, 0) is 67.3 Å². The zero-order valence-electron chi connectivity index (χ0n) is 18.1. The van der Waals surface area contributed by atoms with Gasteiger partial charge < -0.3 is 5.32 Å². The Balaban J connectivity index is 1.73. The number of carbonyl (C=O) groups excluding carboxylic acids is 2. The van der Waals surface area contributed by atoms with Crippen LogP contribution in [0.5, 0.6) is 0 Å². The second-order valence-corrected chi connectivity index (χ2v) is 8.44. The largest absolute Gasteiger partial charge is 0.385 e. The van der Waals surface area contributed by atoms with Crippen molar-refractivity contribution in [2.24, 2.45) is 11.1 Å². The maximum Gasteiger partial charge on any atom is 0.272 e. The molecule has 0 radical (unpaired) electrons. The van der Waals surface area contributed by atoms with E-state index in [1.165, 1.54) is 12.1 Å². The number of nitrogens with one attached hydrogen (secondary N) is 1. The van der Waals surface area contributed by atoms with E-state index in [0.717, 1.165) is 35.2 Å². The predicted molar refractivity (Wildman–Crippen MR) is 116 cm³/mol. The summed E-state index contributed by atoms with van der Waals surface area (Å²) in [6, 6.07) is 7.74. The molecule has 7 heteroatoms. The van der Waals surface area contributed by atoms with Crippen LogP contribution in [0.25, 0.3) is 0 Å². The van der Waals surface area contributed by atoms with Crippen LogP contribution in [0.4, 0.5) is 20.2 Å². The van der Waals surface area contributed by atoms with E-state index in [-0.39, 0.29) is 41.5 Å². The number of hydrogen-bond donors (Lipinski definition) is 1. The summed E-state index contributed by atoms with van der Waals surface area (Å²) in [5.41, 5.74) is 3.51. The molecule has 164 valence electrons. The average Bonchev–Trinajstić information content (AvgIpc) is 2.94. The van der Waals surface area contributed by atoms with E-state index < -0.39 is 17.8 Å². The van der Waals surface area contributed by atoms with Crippen molar-refractivity contribution in [3.63, 3.8) is 0 Å². The number of hydrogen-bond acceptors (Lipinski definition) is 5. The van der Waals surface area contributed by atoms with E-state index >= 15 is 0 Å². The van der Waals surface area contributed by atoms with E-state index in [9.17, 15) is 23.3 Å². The van der Waals surface area contributed by atoms with Crippen LogP contribution in [-0.2, 0) is 15.5 Å². The molecule has 1 aliphatic rings. The first-order valence-electron chi connectivity index (χ1n) is 10.3. The van der Waals surface area contributed by atoms with E-state index in [1.54, 1.807) is 0 Å². The third-order valence-corrected chi connectivity index (χ3v) is 5.87. The Hall–Kier alpha value is -2.96. The maximum absolute atomic E-state index is 13.9. The van der Waals surface area contributed by atoms with Crippen molar-refractivity contribution < 1.29 is 18.4 Å². The fourth-order valence-electron chi connectivity index (χ4n) is 4.54. The normalized spacial score (nSPS) is 19.0. The number of halogens is 2. The summed E-state index contributed by atoms with van der Waals surface area (Å²) in [5.74, 6) is -4.56. The summed E-state index contributed by atoms with van der Waals surface area (Å²) in [7, 11) is 0. The van der Waals surface area contributed by atoms with E-state index in [4.69, 9.17) is 0 Å². The Kier molecular flexibility index (Phi) is 6.34. The van der Waals surface area contributed by atoms with Gasteiger partial charge in [-0.3, -0.25) is 9.59 Å². The zero-order valence-corrected chi connectivity index (χ0v) is 18.1. The molecule has 1 N–H and O–H groups in total. The third-order valence-electron chi connectivity index (χ3n) is 5.87. The number of nitroso groups, excluding NO2 is 1. The molecule has 0 aromatic heterocycles. The molecular weight excluding hydrogens is 402 g/mol. The summed E-state index contributed by atoms with van der Waals surface area (Å²) in [4.78, 5) is 36.4. The molecule has 1 saturated carbocycles. The first kappa shape index (κ1) is 22.7. The Morgan fingerprint density at radius 1 is 1.10 bits per heavy atom. The first-order chi connectivity index (χ1) is 14.5. The lowest BCUT2D eigenvalue weighted by molar-refractivity contribution is -0.124. The molecule has 2 unspecified atom stereocenters. The highest BCUT2D eigenvalue weighted by atomic mass is 19.3. The molecule has 5 nitrogen and oxygen atoms in total. The molecule has 1 fully saturated rings. The van der Waals surface area contributed by atoms with Gasteiger partial charge in [-0.15, -0.1) is 4.91 Å². The average molecular weight is 428 g/mol. The van der Waals surface area contributed by atoms with Gasteiger partial charge >= 0.3 is 0 Å². The van der Waals surface area contributed by atoms with E-state index in [0.29, 0.717) is 6.42 Å². The van der Waals surface area contributed by atoms with Crippen LogP contribution >= 0.6 is 0 Å². The van der Waals surface area contributed by atoms with Crippen molar-refractivity contribution in [2.75, 3.05) is 11.9 Å². The van der Waals surface area contributed by atoms with Crippen molar-refractivity contribution in [2.45, 2.75) is 52.4 Å². The van der Waals surface area contributed by atoms with Crippen molar-refractivity contribution in [3.8, 4) is 0 Å². The maximum atomic E-state index is 13.9. The second-order valence-electron chi connectivity index (χ2n) is 8.44. The summed E-state index contributed by atoms with van der Waals surface area (Å²) >= 11 is 0. The predicted octanol–water partition coefficient (Wildman–Crippen LogP) is 5.87. The highest BCUT2D eigenvalue weighted by molar-refractivity contribution is 6.15. The molecule has 0 aliphatic heterocycles. The Labute approximate surface area is 180 Å². The summed E-state index contributed by atoms with van der Waals surface area (Å²) in [6.45, 7) is 6.80. The number of nitrogens with zero attached hydrogens (tertiary/aromatic N) is 1. The molecule has 0 heterocycles. The molecule has 2 atom stereocenters. The standard InChI is InChI=1S/C24H26F2N2O3/c1-13-9-14(2)21(15(3)10-13)22-20(29)11-16(23(22)30)7-8-27-19-6-5-17(28-31)12-18(19)24(4,25)26/h5-6,9-10,12,16,22,27H,7-8,11H2,1-4H3. The smallest absolute Gasteiger partial charge is 0.272 e. The summed E-state index contributed by atoms with van der Waals surface area (Å²) < 4.78 is 27.9. The van der Waals surface area contributed by atoms with Gasteiger partial charge in [-0.25, -0.2) is 8.78 Å². The lowest BCUT2D eigenvalue weighted by Crippen LogP contribution is -2.20. The monoisotopic (exact) mass is 428 g/mol. The molecule has 0 amide bonds. The number of alkyl halides is 2. The molecule has 0 spiro atoms. The molecule has 1 aliphatic carbocycles. The van der Waals surface area contributed by atoms with Gasteiger partial charge in [0, 0.05) is 37.1 Å². The number of aryl methyl sites for hydroxylation is 3. The van der Waals surface area contributed by atoms with Crippen molar-refractivity contribution in [3.05, 3.63) is 63.1 Å². The van der Waals surface area contributed by atoms with E-state index in [2.05, 4.69) is 10.5 Å². The van der Waals surface area contributed by atoms with Gasteiger partial charge in [0.05, 0.1) is 0 Å².